The predicted octanol–water partition coefficient (Wildman–Crippen LogP) is 1.83. The van der Waals surface area contributed by atoms with Crippen molar-refractivity contribution in [2.75, 3.05) is 37.7 Å². The van der Waals surface area contributed by atoms with Crippen LogP contribution in [0.15, 0.2) is 24.3 Å². The van der Waals surface area contributed by atoms with Crippen molar-refractivity contribution in [3.8, 4) is 0 Å². The van der Waals surface area contributed by atoms with E-state index in [0.29, 0.717) is 13.0 Å². The largest absolute Gasteiger partial charge is 0.396 e. The van der Waals surface area contributed by atoms with E-state index in [1.807, 2.05) is 30.0 Å². The lowest BCUT2D eigenvalue weighted by Crippen LogP contribution is -2.50. The molecule has 1 fully saturated rings. The fourth-order valence-corrected chi connectivity index (χ4v) is 3.69. The number of likely N-dealkylation sites (tertiary alicyclic amines) is 1. The number of aliphatic hydroxyl groups is 1. The average Bonchev–Trinajstić information content (AvgIpc) is 3.05. The zero-order valence-electron chi connectivity index (χ0n) is 14.5. The minimum absolute atomic E-state index is 0.0884. The lowest BCUT2D eigenvalue weighted by molar-refractivity contribution is -0.124. The first-order valence-corrected chi connectivity index (χ1v) is 9.06. The number of amides is 1. The van der Waals surface area contributed by atoms with Gasteiger partial charge in [0.2, 0.25) is 5.91 Å². The summed E-state index contributed by atoms with van der Waals surface area (Å²) in [5.74, 6) is 0.208. The van der Waals surface area contributed by atoms with Gasteiger partial charge in [0.1, 0.15) is 0 Å². The van der Waals surface area contributed by atoms with Crippen LogP contribution in [0.3, 0.4) is 0 Å². The van der Waals surface area contributed by atoms with E-state index in [9.17, 15) is 4.79 Å². The Hall–Kier alpha value is -1.43. The Morgan fingerprint density at radius 3 is 2.79 bits per heavy atom. The zero-order chi connectivity index (χ0) is 16.9. The molecule has 0 saturated carbocycles. The first-order chi connectivity index (χ1) is 11.7. The highest BCUT2D eigenvalue weighted by Crippen LogP contribution is 2.29. The molecule has 1 aromatic rings. The molecule has 1 amide bonds. The van der Waals surface area contributed by atoms with Crippen molar-refractivity contribution in [3.63, 3.8) is 0 Å². The second kappa shape index (κ2) is 8.10. The van der Waals surface area contributed by atoms with Gasteiger partial charge in [0.15, 0.2) is 0 Å². The van der Waals surface area contributed by atoms with Crippen LogP contribution in [0, 0.1) is 0 Å². The summed E-state index contributed by atoms with van der Waals surface area (Å²) in [5, 5.41) is 8.81. The molecule has 1 N–H and O–H groups in total. The summed E-state index contributed by atoms with van der Waals surface area (Å²) in [6, 6.07) is 8.12. The quantitative estimate of drug-likeness (QED) is 0.808. The molecule has 2 aliphatic rings. The van der Waals surface area contributed by atoms with Crippen LogP contribution >= 0.6 is 0 Å². The van der Waals surface area contributed by atoms with Crippen LogP contribution in [0.25, 0.3) is 0 Å². The van der Waals surface area contributed by atoms with Crippen molar-refractivity contribution >= 4 is 11.6 Å². The maximum atomic E-state index is 12.9. The number of ether oxygens (including phenoxy) is 1. The van der Waals surface area contributed by atoms with E-state index in [4.69, 9.17) is 9.84 Å². The molecule has 0 aliphatic carbocycles. The Morgan fingerprint density at radius 2 is 2.04 bits per heavy atom. The van der Waals surface area contributed by atoms with Crippen LogP contribution in [0.2, 0.25) is 0 Å². The van der Waals surface area contributed by atoms with Crippen LogP contribution in [-0.2, 0) is 16.0 Å². The van der Waals surface area contributed by atoms with Crippen molar-refractivity contribution in [1.82, 2.24) is 4.90 Å². The summed E-state index contributed by atoms with van der Waals surface area (Å²) in [4.78, 5) is 17.1. The van der Waals surface area contributed by atoms with Gasteiger partial charge in [-0.25, -0.2) is 0 Å². The van der Waals surface area contributed by atoms with Gasteiger partial charge in [-0.15, -0.1) is 0 Å². The van der Waals surface area contributed by atoms with Crippen LogP contribution in [0.4, 0.5) is 5.69 Å². The molecule has 1 saturated heterocycles. The van der Waals surface area contributed by atoms with Gasteiger partial charge >= 0.3 is 0 Å². The fraction of sp³-hybridized carbons (Fsp3) is 0.632. The monoisotopic (exact) mass is 332 g/mol. The molecular weight excluding hydrogens is 304 g/mol. The van der Waals surface area contributed by atoms with Crippen LogP contribution in [-0.4, -0.2) is 60.9 Å². The number of benzene rings is 1. The molecule has 0 aromatic heterocycles. The molecule has 5 nitrogen and oxygen atoms in total. The summed E-state index contributed by atoms with van der Waals surface area (Å²) in [6.45, 7) is 5.42. The summed E-state index contributed by atoms with van der Waals surface area (Å²) in [5.41, 5.74) is 2.35. The number of carbonyl (C=O) groups excluding carboxylic acids is 1. The third-order valence-corrected chi connectivity index (χ3v) is 5.19. The molecule has 3 rings (SSSR count). The molecule has 1 aromatic carbocycles. The number of para-hydroxylation sites is 1. The van der Waals surface area contributed by atoms with E-state index in [2.05, 4.69) is 11.0 Å². The van der Waals surface area contributed by atoms with Gasteiger partial charge in [-0.1, -0.05) is 18.2 Å². The smallest absolute Gasteiger partial charge is 0.244 e. The number of hydrogen-bond acceptors (Lipinski definition) is 4. The van der Waals surface area contributed by atoms with Gasteiger partial charge < -0.3 is 14.7 Å². The minimum Gasteiger partial charge on any atom is -0.396 e. The Morgan fingerprint density at radius 1 is 1.29 bits per heavy atom. The van der Waals surface area contributed by atoms with Gasteiger partial charge in [-0.05, 0) is 44.2 Å². The Balaban J connectivity index is 1.52. The van der Waals surface area contributed by atoms with Crippen LogP contribution in [0.1, 0.15) is 31.7 Å². The van der Waals surface area contributed by atoms with Crippen molar-refractivity contribution in [2.24, 2.45) is 0 Å². The average molecular weight is 332 g/mol. The van der Waals surface area contributed by atoms with Crippen molar-refractivity contribution in [3.05, 3.63) is 29.8 Å². The molecule has 132 valence electrons. The lowest BCUT2D eigenvalue weighted by atomic mass is 10.1. The fourth-order valence-electron chi connectivity index (χ4n) is 3.69. The predicted molar refractivity (Wildman–Crippen MR) is 94.2 cm³/mol. The highest BCUT2D eigenvalue weighted by Gasteiger charge is 2.32. The summed E-state index contributed by atoms with van der Waals surface area (Å²) in [6.07, 6.45) is 3.83. The van der Waals surface area contributed by atoms with Crippen molar-refractivity contribution in [1.29, 1.82) is 0 Å². The molecule has 5 heteroatoms. The van der Waals surface area contributed by atoms with Crippen LogP contribution < -0.4 is 4.90 Å². The normalized spacial score (nSPS) is 20.2. The second-order valence-corrected chi connectivity index (χ2v) is 6.73. The first kappa shape index (κ1) is 17.4. The number of carbonyl (C=O) groups is 1. The van der Waals surface area contributed by atoms with E-state index in [1.165, 1.54) is 5.56 Å². The van der Waals surface area contributed by atoms with Gasteiger partial charge in [-0.3, -0.25) is 9.69 Å². The lowest BCUT2D eigenvalue weighted by Gasteiger charge is -2.36. The summed E-state index contributed by atoms with van der Waals surface area (Å²) < 4.78 is 5.78. The molecule has 0 radical (unpaired) electrons. The zero-order valence-corrected chi connectivity index (χ0v) is 14.5. The Labute approximate surface area is 144 Å². The number of anilines is 1. The molecule has 0 bridgehead atoms. The summed E-state index contributed by atoms with van der Waals surface area (Å²) in [7, 11) is 0. The third-order valence-electron chi connectivity index (χ3n) is 5.19. The van der Waals surface area contributed by atoms with E-state index >= 15 is 0 Å². The second-order valence-electron chi connectivity index (χ2n) is 6.73. The van der Waals surface area contributed by atoms with Gasteiger partial charge in [0.25, 0.3) is 0 Å². The molecule has 2 aliphatic heterocycles. The highest BCUT2D eigenvalue weighted by molar-refractivity contribution is 5.98. The topological polar surface area (TPSA) is 53.0 Å². The molecule has 24 heavy (non-hydrogen) atoms. The Kier molecular flexibility index (Phi) is 5.87. The van der Waals surface area contributed by atoms with Crippen LogP contribution in [0.5, 0.6) is 0 Å². The molecule has 1 atom stereocenters. The number of hydrogen-bond donors (Lipinski definition) is 1. The molecule has 2 heterocycles. The third kappa shape index (κ3) is 3.79. The maximum Gasteiger partial charge on any atom is 0.244 e. The number of rotatable bonds is 6. The van der Waals surface area contributed by atoms with E-state index in [-0.39, 0.29) is 24.7 Å². The van der Waals surface area contributed by atoms with Crippen molar-refractivity contribution < 1.29 is 14.6 Å². The first-order valence-electron chi connectivity index (χ1n) is 9.06. The number of piperidine rings is 1. The van der Waals surface area contributed by atoms with E-state index in [1.54, 1.807) is 0 Å². The standard InChI is InChI=1S/C19H28N2O3/c1-15(20-10-8-17(9-11-20)24-14-4-13-22)19(23)21-12-7-16-5-2-3-6-18(16)21/h2-3,5-6,15,17,22H,4,7-14H2,1H3. The highest BCUT2D eigenvalue weighted by atomic mass is 16.5. The Bertz CT molecular complexity index is 555. The minimum atomic E-state index is -0.0884. The van der Waals surface area contributed by atoms with Gasteiger partial charge in [0.05, 0.1) is 12.1 Å². The number of nitrogens with zero attached hydrogens (tertiary/aromatic N) is 2. The SMILES string of the molecule is CC(C(=O)N1CCc2ccccc21)N1CCC(OCCCO)CC1. The summed E-state index contributed by atoms with van der Waals surface area (Å²) >= 11 is 0. The van der Waals surface area contributed by atoms with Crippen molar-refractivity contribution in [2.45, 2.75) is 44.8 Å². The van der Waals surface area contributed by atoms with Gasteiger partial charge in [-0.2, -0.15) is 0 Å². The number of fused-ring (bicyclic) bond motifs is 1. The van der Waals surface area contributed by atoms with E-state index in [0.717, 1.165) is 44.6 Å². The molecule has 0 spiro atoms. The van der Waals surface area contributed by atoms with Gasteiger partial charge in [0, 0.05) is 38.5 Å². The maximum absolute atomic E-state index is 12.9. The molecular formula is C19H28N2O3. The molecule has 1 unspecified atom stereocenters. The van der Waals surface area contributed by atoms with E-state index < -0.39 is 0 Å². The number of aliphatic hydroxyl groups excluding tert-OH is 1.